The van der Waals surface area contributed by atoms with Gasteiger partial charge in [-0.2, -0.15) is 10.4 Å². The zero-order valence-corrected chi connectivity index (χ0v) is 23.9. The summed E-state index contributed by atoms with van der Waals surface area (Å²) in [6.07, 6.45) is 1.50. The molecule has 1 aliphatic rings. The van der Waals surface area contributed by atoms with E-state index in [0.717, 1.165) is 11.1 Å². The second-order valence-corrected chi connectivity index (χ2v) is 9.49. The number of nitrogens with one attached hydrogen (secondary N) is 3. The minimum Gasteiger partial charge on any atom is -0.489 e. The number of esters is 1. The molecule has 42 heavy (non-hydrogen) atoms. The van der Waals surface area contributed by atoms with Crippen LogP contribution in [0.3, 0.4) is 0 Å². The molecule has 1 amide bonds. The van der Waals surface area contributed by atoms with E-state index in [4.69, 9.17) is 31.7 Å². The van der Waals surface area contributed by atoms with E-state index < -0.39 is 17.9 Å². The highest BCUT2D eigenvalue weighted by atomic mass is 32.1. The van der Waals surface area contributed by atoms with Crippen molar-refractivity contribution >= 4 is 35.4 Å². The molecule has 214 valence electrons. The highest BCUT2D eigenvalue weighted by Crippen LogP contribution is 2.33. The molecule has 3 N–H and O–H groups in total. The van der Waals surface area contributed by atoms with Gasteiger partial charge in [0.25, 0.3) is 5.91 Å². The SMILES string of the molecule is CCOC(=O)C1=C(C)NC(=S)N[C@@H]1c1ccccc1OCC(=O)NN=Cc1cccc(OCc2ccc(C#N)cc2)c1. The van der Waals surface area contributed by atoms with Crippen LogP contribution in [-0.4, -0.2) is 36.4 Å². The second kappa shape index (κ2) is 14.4. The first-order valence-corrected chi connectivity index (χ1v) is 13.5. The fraction of sp³-hybridized carbons (Fsp3) is 0.194. The molecular weight excluding hydrogens is 554 g/mol. The number of thiocarbonyl (C=S) groups is 1. The van der Waals surface area contributed by atoms with Gasteiger partial charge in [0.2, 0.25) is 0 Å². The van der Waals surface area contributed by atoms with Gasteiger partial charge in [-0.1, -0.05) is 42.5 Å². The topological polar surface area (TPSA) is 134 Å². The molecule has 4 rings (SSSR count). The summed E-state index contributed by atoms with van der Waals surface area (Å²) in [5, 5.41) is 19.4. The predicted molar refractivity (Wildman–Crippen MR) is 161 cm³/mol. The molecule has 3 aromatic carbocycles. The minimum absolute atomic E-state index is 0.224. The number of rotatable bonds is 11. The smallest absolute Gasteiger partial charge is 0.338 e. The zero-order valence-electron chi connectivity index (χ0n) is 23.0. The maximum absolute atomic E-state index is 12.7. The number of carbonyl (C=O) groups is 2. The Morgan fingerprint density at radius 2 is 1.88 bits per heavy atom. The quantitative estimate of drug-likeness (QED) is 0.132. The molecule has 0 spiro atoms. The van der Waals surface area contributed by atoms with E-state index in [9.17, 15) is 9.59 Å². The maximum atomic E-state index is 12.7. The summed E-state index contributed by atoms with van der Waals surface area (Å²) in [6.45, 7) is 3.74. The van der Waals surface area contributed by atoms with Crippen molar-refractivity contribution in [2.45, 2.75) is 26.5 Å². The molecule has 0 saturated heterocycles. The van der Waals surface area contributed by atoms with Gasteiger partial charge < -0.3 is 24.8 Å². The number of para-hydroxylation sites is 1. The van der Waals surface area contributed by atoms with E-state index in [2.05, 4.69) is 27.2 Å². The van der Waals surface area contributed by atoms with Crippen LogP contribution in [0, 0.1) is 11.3 Å². The molecule has 1 atom stereocenters. The van der Waals surface area contributed by atoms with Crippen LogP contribution < -0.4 is 25.5 Å². The van der Waals surface area contributed by atoms with Crippen molar-refractivity contribution in [1.29, 1.82) is 5.26 Å². The third-order valence-corrected chi connectivity index (χ3v) is 6.32. The van der Waals surface area contributed by atoms with Gasteiger partial charge in [0.1, 0.15) is 18.1 Å². The van der Waals surface area contributed by atoms with Crippen LogP contribution in [0.5, 0.6) is 11.5 Å². The lowest BCUT2D eigenvalue weighted by atomic mass is 9.95. The maximum Gasteiger partial charge on any atom is 0.338 e. The average molecular weight is 584 g/mol. The van der Waals surface area contributed by atoms with Crippen molar-refractivity contribution in [2.24, 2.45) is 5.10 Å². The number of benzene rings is 3. The molecule has 10 nitrogen and oxygen atoms in total. The Hall–Kier alpha value is -5.21. The fourth-order valence-electron chi connectivity index (χ4n) is 4.14. The second-order valence-electron chi connectivity index (χ2n) is 9.08. The number of nitriles is 1. The fourth-order valence-corrected chi connectivity index (χ4v) is 4.41. The number of hydrazone groups is 1. The van der Waals surface area contributed by atoms with Crippen LogP contribution in [0.15, 0.2) is 89.2 Å². The van der Waals surface area contributed by atoms with Crippen LogP contribution >= 0.6 is 12.2 Å². The first kappa shape index (κ1) is 29.8. The van der Waals surface area contributed by atoms with Crippen LogP contribution in [0.4, 0.5) is 0 Å². The van der Waals surface area contributed by atoms with Crippen molar-refractivity contribution in [1.82, 2.24) is 16.1 Å². The molecule has 11 heteroatoms. The third kappa shape index (κ3) is 7.93. The van der Waals surface area contributed by atoms with Crippen LogP contribution in [0.25, 0.3) is 0 Å². The number of nitrogens with zero attached hydrogens (tertiary/aromatic N) is 2. The average Bonchev–Trinajstić information content (AvgIpc) is 2.99. The third-order valence-electron chi connectivity index (χ3n) is 6.10. The number of allylic oxidation sites excluding steroid dienone is 1. The molecule has 1 aliphatic heterocycles. The molecule has 0 bridgehead atoms. The molecule has 3 aromatic rings. The summed E-state index contributed by atoms with van der Waals surface area (Å²) in [5.74, 6) is 0.0844. The summed E-state index contributed by atoms with van der Waals surface area (Å²) in [4.78, 5) is 25.2. The number of amides is 1. The lowest BCUT2D eigenvalue weighted by molar-refractivity contribution is -0.139. The lowest BCUT2D eigenvalue weighted by Gasteiger charge is -2.30. The van der Waals surface area contributed by atoms with Crippen LogP contribution in [0.2, 0.25) is 0 Å². The van der Waals surface area contributed by atoms with Gasteiger partial charge in [0.15, 0.2) is 11.7 Å². The summed E-state index contributed by atoms with van der Waals surface area (Å²) < 4.78 is 16.9. The Balaban J connectivity index is 1.35. The highest BCUT2D eigenvalue weighted by molar-refractivity contribution is 7.80. The van der Waals surface area contributed by atoms with Gasteiger partial charge in [-0.3, -0.25) is 4.79 Å². The van der Waals surface area contributed by atoms with E-state index >= 15 is 0 Å². The summed E-state index contributed by atoms with van der Waals surface area (Å²) >= 11 is 5.31. The Morgan fingerprint density at radius 1 is 1.10 bits per heavy atom. The lowest BCUT2D eigenvalue weighted by Crippen LogP contribution is -2.45. The molecule has 0 saturated carbocycles. The van der Waals surface area contributed by atoms with Crippen molar-refractivity contribution in [3.63, 3.8) is 0 Å². The summed E-state index contributed by atoms with van der Waals surface area (Å²) in [7, 11) is 0. The van der Waals surface area contributed by atoms with Gasteiger partial charge >= 0.3 is 5.97 Å². The first-order chi connectivity index (χ1) is 20.4. The van der Waals surface area contributed by atoms with Crippen molar-refractivity contribution in [2.75, 3.05) is 13.2 Å². The van der Waals surface area contributed by atoms with E-state index in [1.807, 2.05) is 30.3 Å². The van der Waals surface area contributed by atoms with Gasteiger partial charge in [-0.15, -0.1) is 0 Å². The zero-order chi connectivity index (χ0) is 29.9. The Bertz CT molecular complexity index is 1560. The molecular formula is C31H29N5O5S. The molecule has 1 heterocycles. The number of ether oxygens (including phenoxy) is 3. The van der Waals surface area contributed by atoms with Crippen molar-refractivity contribution < 1.29 is 23.8 Å². The highest BCUT2D eigenvalue weighted by Gasteiger charge is 2.32. The first-order valence-electron chi connectivity index (χ1n) is 13.1. The molecule has 0 unspecified atom stereocenters. The van der Waals surface area contributed by atoms with Gasteiger partial charge in [-0.05, 0) is 67.5 Å². The minimum atomic E-state index is -0.624. The normalized spacial score (nSPS) is 14.4. The monoisotopic (exact) mass is 583 g/mol. The van der Waals surface area contributed by atoms with E-state index in [1.54, 1.807) is 56.3 Å². The predicted octanol–water partition coefficient (Wildman–Crippen LogP) is 4.02. The number of hydrogen-bond acceptors (Lipinski definition) is 8. The Labute approximate surface area is 249 Å². The Morgan fingerprint density at radius 3 is 2.64 bits per heavy atom. The molecule has 0 aromatic heterocycles. The number of carbonyl (C=O) groups excluding carboxylic acids is 2. The van der Waals surface area contributed by atoms with Gasteiger partial charge in [0, 0.05) is 11.3 Å². The van der Waals surface area contributed by atoms with Gasteiger partial charge in [0.05, 0.1) is 36.1 Å². The molecule has 0 fully saturated rings. The standard InChI is InChI=1S/C31H29N5O5S/c1-3-39-30(38)28-20(2)34-31(42)35-29(28)25-9-4-5-10-26(25)41-19-27(37)36-33-17-23-7-6-8-24(15-23)40-18-22-13-11-21(16-32)12-14-22/h4-15,17,29H,3,18-19H2,1-2H3,(H,36,37)(H2,34,35,42)/t29-/m1/s1. The van der Waals surface area contributed by atoms with Crippen molar-refractivity contribution in [3.8, 4) is 17.6 Å². The van der Waals surface area contributed by atoms with E-state index in [0.29, 0.717) is 45.6 Å². The van der Waals surface area contributed by atoms with E-state index in [-0.39, 0.29) is 13.2 Å². The van der Waals surface area contributed by atoms with Crippen LogP contribution in [-0.2, 0) is 20.9 Å². The summed E-state index contributed by atoms with van der Waals surface area (Å²) in [6, 6.07) is 23.0. The number of hydrogen-bond donors (Lipinski definition) is 3. The van der Waals surface area contributed by atoms with Crippen molar-refractivity contribution in [3.05, 3.63) is 106 Å². The van der Waals surface area contributed by atoms with E-state index in [1.165, 1.54) is 6.21 Å². The molecule has 0 radical (unpaired) electrons. The largest absolute Gasteiger partial charge is 0.489 e. The summed E-state index contributed by atoms with van der Waals surface area (Å²) in [5.41, 5.74) is 6.28. The van der Waals surface area contributed by atoms with Crippen LogP contribution in [0.1, 0.15) is 42.1 Å². The Kier molecular flexibility index (Phi) is 10.2. The molecule has 0 aliphatic carbocycles. The van der Waals surface area contributed by atoms with Gasteiger partial charge in [-0.25, -0.2) is 10.2 Å².